The lowest BCUT2D eigenvalue weighted by atomic mass is 10.1. The molecule has 1 unspecified atom stereocenters. The molecule has 32 heavy (non-hydrogen) atoms. The summed E-state index contributed by atoms with van der Waals surface area (Å²) in [5, 5.41) is 14.6. The summed E-state index contributed by atoms with van der Waals surface area (Å²) in [7, 11) is -4.42. The van der Waals surface area contributed by atoms with Gasteiger partial charge in [0.15, 0.2) is 0 Å². The Kier molecular flexibility index (Phi) is 7.74. The van der Waals surface area contributed by atoms with Crippen LogP contribution in [0.4, 0.5) is 17.2 Å². The number of hydrogen-bond acceptors (Lipinski definition) is 9. The molecule has 0 spiro atoms. The van der Waals surface area contributed by atoms with Gasteiger partial charge in [0, 0.05) is 40.7 Å². The molecule has 0 radical (unpaired) electrons. The van der Waals surface area contributed by atoms with Gasteiger partial charge in [0.2, 0.25) is 15.8 Å². The van der Waals surface area contributed by atoms with Crippen molar-refractivity contribution in [3.05, 3.63) is 40.7 Å². The Balaban J connectivity index is 1.74. The maximum Gasteiger partial charge on any atom is 0.373 e. The van der Waals surface area contributed by atoms with E-state index < -0.39 is 37.5 Å². The van der Waals surface area contributed by atoms with E-state index in [2.05, 4.69) is 15.3 Å². The number of benzene rings is 1. The van der Waals surface area contributed by atoms with Gasteiger partial charge in [-0.1, -0.05) is 6.92 Å². The van der Waals surface area contributed by atoms with Gasteiger partial charge < -0.3 is 10.1 Å². The summed E-state index contributed by atoms with van der Waals surface area (Å²) >= 11 is 0. The zero-order chi connectivity index (χ0) is 23.3. The van der Waals surface area contributed by atoms with Crippen LogP contribution in [-0.2, 0) is 20.8 Å². The van der Waals surface area contributed by atoms with Crippen LogP contribution in [0.2, 0.25) is 0 Å². The minimum atomic E-state index is -3.29. The lowest BCUT2D eigenvalue weighted by Gasteiger charge is -2.31. The molecule has 0 saturated carbocycles. The predicted molar refractivity (Wildman–Crippen MR) is 120 cm³/mol. The first kappa shape index (κ1) is 24.0. The van der Waals surface area contributed by atoms with E-state index in [-0.39, 0.29) is 17.5 Å². The Labute approximate surface area is 188 Å². The molecular weight excluding hydrogens is 458 g/mol. The monoisotopic (exact) mass is 483 g/mol. The number of nitrogens with one attached hydrogen (secondary N) is 1. The highest BCUT2D eigenvalue weighted by atomic mass is 32.2. The fourth-order valence-electron chi connectivity index (χ4n) is 3.34. The van der Waals surface area contributed by atoms with Gasteiger partial charge in [-0.25, -0.2) is 17.7 Å². The number of sulfonamides is 1. The molecule has 1 aliphatic heterocycles. The number of anilines is 2. The Morgan fingerprint density at radius 1 is 1.25 bits per heavy atom. The van der Waals surface area contributed by atoms with Gasteiger partial charge in [-0.05, 0) is 43.5 Å². The van der Waals surface area contributed by atoms with Gasteiger partial charge in [-0.2, -0.15) is 4.98 Å². The first-order chi connectivity index (χ1) is 15.2. The number of nitro groups is 1. The maximum absolute atomic E-state index is 12.2. The number of aromatic nitrogens is 2. The normalized spacial score (nSPS) is 16.4. The van der Waals surface area contributed by atoms with Crippen LogP contribution in [0.3, 0.4) is 0 Å². The first-order valence-corrected chi connectivity index (χ1v) is 13.2. The van der Waals surface area contributed by atoms with E-state index >= 15 is 0 Å². The summed E-state index contributed by atoms with van der Waals surface area (Å²) in [5.41, 5.74) is 0.123. The largest absolute Gasteiger partial charge is 0.469 e. The molecular formula is C19H25N5O6S2. The van der Waals surface area contributed by atoms with Gasteiger partial charge in [-0.15, -0.1) is 0 Å². The molecule has 13 heteroatoms. The fourth-order valence-corrected chi connectivity index (χ4v) is 5.41. The molecule has 1 aromatic carbocycles. The Hall–Kier alpha value is -2.64. The maximum atomic E-state index is 12.2. The molecule has 1 aliphatic rings. The minimum Gasteiger partial charge on any atom is -0.469 e. The molecule has 0 bridgehead atoms. The zero-order valence-electron chi connectivity index (χ0n) is 17.8. The summed E-state index contributed by atoms with van der Waals surface area (Å²) in [6.45, 7) is 2.40. The van der Waals surface area contributed by atoms with E-state index in [0.29, 0.717) is 42.9 Å². The van der Waals surface area contributed by atoms with Crippen LogP contribution in [-0.4, -0.2) is 63.0 Å². The summed E-state index contributed by atoms with van der Waals surface area (Å²) in [5.74, 6) is -0.109. The molecule has 1 saturated heterocycles. The molecule has 2 aromatic rings. The van der Waals surface area contributed by atoms with Crippen molar-refractivity contribution in [2.24, 2.45) is 0 Å². The van der Waals surface area contributed by atoms with Crippen molar-refractivity contribution in [3.8, 4) is 5.88 Å². The van der Waals surface area contributed by atoms with Crippen LogP contribution >= 0.6 is 0 Å². The number of rotatable bonds is 9. The highest BCUT2D eigenvalue weighted by molar-refractivity contribution is 7.89. The fraction of sp³-hybridized carbons (Fsp3) is 0.474. The Bertz CT molecular complexity index is 1090. The van der Waals surface area contributed by atoms with Crippen LogP contribution < -0.4 is 10.1 Å². The van der Waals surface area contributed by atoms with E-state index in [9.17, 15) is 22.7 Å². The van der Waals surface area contributed by atoms with Gasteiger partial charge in [0.25, 0.3) is 5.88 Å². The smallest absolute Gasteiger partial charge is 0.373 e. The summed E-state index contributed by atoms with van der Waals surface area (Å²) in [4.78, 5) is 19.7. The molecule has 174 valence electrons. The first-order valence-electron chi connectivity index (χ1n) is 10.1. The van der Waals surface area contributed by atoms with E-state index in [0.717, 1.165) is 0 Å². The van der Waals surface area contributed by atoms with Crippen molar-refractivity contribution in [1.29, 1.82) is 0 Å². The second kappa shape index (κ2) is 10.3. The zero-order valence-corrected chi connectivity index (χ0v) is 19.4. The number of nitrogens with zero attached hydrogens (tertiary/aromatic N) is 4. The highest BCUT2D eigenvalue weighted by Crippen LogP contribution is 2.34. The van der Waals surface area contributed by atoms with Gasteiger partial charge in [0.05, 0.1) is 10.7 Å². The van der Waals surface area contributed by atoms with E-state index in [1.807, 2.05) is 6.92 Å². The molecule has 1 aromatic heterocycles. The third-order valence-corrected chi connectivity index (χ3v) is 7.97. The van der Waals surface area contributed by atoms with E-state index in [1.54, 1.807) is 30.5 Å². The lowest BCUT2D eigenvalue weighted by molar-refractivity contribution is -0.385. The number of ether oxygens (including phenoxy) is 1. The average molecular weight is 484 g/mol. The third-order valence-electron chi connectivity index (χ3n) is 4.95. The van der Waals surface area contributed by atoms with Gasteiger partial charge in [-0.3, -0.25) is 14.3 Å². The molecule has 0 amide bonds. The molecule has 11 nitrogen and oxygen atoms in total. The summed E-state index contributed by atoms with van der Waals surface area (Å²) in [6.07, 6.45) is 3.68. The number of piperidine rings is 1. The molecule has 1 N–H and O–H groups in total. The van der Waals surface area contributed by atoms with Crippen LogP contribution in [0, 0.1) is 10.1 Å². The van der Waals surface area contributed by atoms with Gasteiger partial charge >= 0.3 is 5.69 Å². The summed E-state index contributed by atoms with van der Waals surface area (Å²) in [6, 6.07) is 6.61. The average Bonchev–Trinajstić information content (AvgIpc) is 2.74. The van der Waals surface area contributed by atoms with Crippen LogP contribution in [0.25, 0.3) is 0 Å². The molecule has 2 heterocycles. The Morgan fingerprint density at radius 2 is 1.91 bits per heavy atom. The minimum absolute atomic E-state index is 0.0340. The molecule has 1 atom stereocenters. The SMILES string of the molecule is CCCS(=O)(=O)N1CCC(Oc2ncnc(Nc3ccc(S(C)=O)cc3)c2[N+](=O)[O-])CC1. The highest BCUT2D eigenvalue weighted by Gasteiger charge is 2.31. The third kappa shape index (κ3) is 5.78. The van der Waals surface area contributed by atoms with Crippen molar-refractivity contribution in [2.45, 2.75) is 37.2 Å². The standard InChI is InChI=1S/C19H25N5O6S2/c1-3-12-32(28,29)23-10-8-15(9-11-23)30-19-17(24(25)26)18(20-13-21-19)22-14-4-6-16(7-5-14)31(2)27/h4-7,13,15H,3,8-12H2,1-2H3,(H,20,21,22). The molecule has 1 fully saturated rings. The second-order valence-corrected chi connectivity index (χ2v) is 10.7. The second-order valence-electron chi connectivity index (χ2n) is 7.27. The van der Waals surface area contributed by atoms with Crippen LogP contribution in [0.5, 0.6) is 5.88 Å². The van der Waals surface area contributed by atoms with Crippen LogP contribution in [0.15, 0.2) is 35.5 Å². The predicted octanol–water partition coefficient (Wildman–Crippen LogP) is 2.45. The van der Waals surface area contributed by atoms with Crippen molar-refractivity contribution >= 4 is 38.0 Å². The lowest BCUT2D eigenvalue weighted by Crippen LogP contribution is -2.42. The van der Waals surface area contributed by atoms with E-state index in [4.69, 9.17) is 4.74 Å². The van der Waals surface area contributed by atoms with Crippen molar-refractivity contribution < 1.29 is 22.3 Å². The summed E-state index contributed by atoms with van der Waals surface area (Å²) < 4.78 is 43.2. The topological polar surface area (TPSA) is 145 Å². The van der Waals surface area contributed by atoms with Crippen molar-refractivity contribution in [1.82, 2.24) is 14.3 Å². The van der Waals surface area contributed by atoms with Gasteiger partial charge in [0.1, 0.15) is 12.4 Å². The van der Waals surface area contributed by atoms with Crippen LogP contribution in [0.1, 0.15) is 26.2 Å². The molecule has 3 rings (SSSR count). The van der Waals surface area contributed by atoms with E-state index in [1.165, 1.54) is 10.6 Å². The molecule has 0 aliphatic carbocycles. The van der Waals surface area contributed by atoms with Crippen molar-refractivity contribution in [2.75, 3.05) is 30.4 Å². The number of hydrogen-bond donors (Lipinski definition) is 1. The quantitative estimate of drug-likeness (QED) is 0.420. The Morgan fingerprint density at radius 3 is 2.47 bits per heavy atom. The van der Waals surface area contributed by atoms with Crippen molar-refractivity contribution in [3.63, 3.8) is 0 Å².